The number of primary amides is 1. The zero-order valence-electron chi connectivity index (χ0n) is 12.7. The summed E-state index contributed by atoms with van der Waals surface area (Å²) in [5.41, 5.74) is 6.62. The molecule has 3 N–H and O–H groups in total. The van der Waals surface area contributed by atoms with Crippen molar-refractivity contribution in [2.24, 2.45) is 5.73 Å². The van der Waals surface area contributed by atoms with E-state index in [1.54, 1.807) is 18.2 Å². The summed E-state index contributed by atoms with van der Waals surface area (Å²) in [6.07, 6.45) is 1.18. The molecular weight excluding hydrogens is 318 g/mol. The summed E-state index contributed by atoms with van der Waals surface area (Å²) in [5.74, 6) is -0.858. The maximum atomic E-state index is 13.6. The van der Waals surface area contributed by atoms with Crippen molar-refractivity contribution >= 4 is 6.03 Å². The van der Waals surface area contributed by atoms with E-state index in [9.17, 15) is 18.8 Å². The normalized spacial score (nSPS) is 15.9. The highest BCUT2D eigenvalue weighted by molar-refractivity contribution is 5.71. The molecule has 0 saturated carbocycles. The molecule has 5 nitrogen and oxygen atoms in total. The van der Waals surface area contributed by atoms with Crippen LogP contribution in [0.25, 0.3) is 0 Å². The minimum absolute atomic E-state index is 0.133. The van der Waals surface area contributed by atoms with Crippen LogP contribution in [-0.2, 0) is 13.0 Å². The number of carbonyl (C=O) groups is 1. The molecule has 0 spiro atoms. The van der Waals surface area contributed by atoms with E-state index in [4.69, 9.17) is 10.5 Å². The van der Waals surface area contributed by atoms with Crippen LogP contribution in [0.1, 0.15) is 29.2 Å². The molecule has 2 aromatic rings. The lowest BCUT2D eigenvalue weighted by Gasteiger charge is -2.20. The summed E-state index contributed by atoms with van der Waals surface area (Å²) in [7, 11) is 0. The van der Waals surface area contributed by atoms with E-state index in [1.807, 2.05) is 0 Å². The van der Waals surface area contributed by atoms with Gasteiger partial charge in [0.15, 0.2) is 0 Å². The van der Waals surface area contributed by atoms with E-state index in [1.165, 1.54) is 18.2 Å². The average molecular weight is 334 g/mol. The number of hydrogen-bond acceptors (Lipinski definition) is 3. The Bertz CT molecular complexity index is 762. The van der Waals surface area contributed by atoms with Crippen molar-refractivity contribution in [2.45, 2.75) is 25.5 Å². The van der Waals surface area contributed by atoms with E-state index in [0.29, 0.717) is 23.7 Å². The molecule has 126 valence electrons. The largest absolute Gasteiger partial charge is 0.489 e. The Hall–Kier alpha value is -2.67. The second-order valence-electron chi connectivity index (χ2n) is 5.59. The molecule has 0 aromatic heterocycles. The zero-order valence-corrected chi connectivity index (χ0v) is 12.7. The molecule has 2 aromatic carbocycles. The molecule has 7 heteroatoms. The molecule has 1 unspecified atom stereocenters. The summed E-state index contributed by atoms with van der Waals surface area (Å²) in [5, 5.41) is 10.2. The maximum absolute atomic E-state index is 13.6. The molecule has 0 heterocycles. The maximum Gasteiger partial charge on any atom is 0.339 e. The lowest BCUT2D eigenvalue weighted by Crippen LogP contribution is -2.35. The molecule has 0 saturated heterocycles. The van der Waals surface area contributed by atoms with Crippen LogP contribution in [0, 0.1) is 11.6 Å². The second kappa shape index (κ2) is 6.45. The Morgan fingerprint density at radius 3 is 2.67 bits per heavy atom. The average Bonchev–Trinajstić information content (AvgIpc) is 2.96. The van der Waals surface area contributed by atoms with Crippen LogP contribution in [0.2, 0.25) is 0 Å². The van der Waals surface area contributed by atoms with Crippen LogP contribution >= 0.6 is 0 Å². The SMILES string of the molecule is NC(=O)N(O)C1CCc2cc(OCc3c(F)cccc3F)ccc21. The van der Waals surface area contributed by atoms with E-state index < -0.39 is 23.7 Å². The summed E-state index contributed by atoms with van der Waals surface area (Å²) >= 11 is 0. The predicted molar refractivity (Wildman–Crippen MR) is 81.4 cm³/mol. The van der Waals surface area contributed by atoms with Gasteiger partial charge in [0, 0.05) is 0 Å². The molecule has 0 aliphatic heterocycles. The number of amides is 2. The van der Waals surface area contributed by atoms with Crippen molar-refractivity contribution in [1.82, 2.24) is 5.06 Å². The molecule has 0 bridgehead atoms. The summed E-state index contributed by atoms with van der Waals surface area (Å²) in [6, 6.07) is 7.32. The second-order valence-corrected chi connectivity index (χ2v) is 5.59. The van der Waals surface area contributed by atoms with Gasteiger partial charge in [-0.2, -0.15) is 5.06 Å². The Morgan fingerprint density at radius 1 is 1.29 bits per heavy atom. The van der Waals surface area contributed by atoms with E-state index in [2.05, 4.69) is 0 Å². The van der Waals surface area contributed by atoms with Crippen LogP contribution < -0.4 is 10.5 Å². The topological polar surface area (TPSA) is 75.8 Å². The third-order valence-corrected chi connectivity index (χ3v) is 4.13. The number of nitrogens with two attached hydrogens (primary N) is 1. The lowest BCUT2D eigenvalue weighted by atomic mass is 10.1. The van der Waals surface area contributed by atoms with Crippen molar-refractivity contribution in [1.29, 1.82) is 0 Å². The van der Waals surface area contributed by atoms with Gasteiger partial charge in [0.2, 0.25) is 0 Å². The third-order valence-electron chi connectivity index (χ3n) is 4.13. The van der Waals surface area contributed by atoms with Gasteiger partial charge in [0.1, 0.15) is 24.0 Å². The van der Waals surface area contributed by atoms with Gasteiger partial charge in [-0.25, -0.2) is 13.6 Å². The third kappa shape index (κ3) is 3.03. The van der Waals surface area contributed by atoms with Gasteiger partial charge < -0.3 is 10.5 Å². The molecule has 0 radical (unpaired) electrons. The molecule has 1 aliphatic rings. The summed E-state index contributed by atoms with van der Waals surface area (Å²) in [6.45, 7) is -0.228. The molecule has 1 aliphatic carbocycles. The van der Waals surface area contributed by atoms with Crippen molar-refractivity contribution in [3.8, 4) is 5.75 Å². The first-order valence-electron chi connectivity index (χ1n) is 7.43. The summed E-state index contributed by atoms with van der Waals surface area (Å²) in [4.78, 5) is 11.1. The number of hydroxylamine groups is 2. The number of ether oxygens (including phenoxy) is 1. The first kappa shape index (κ1) is 16.2. The number of urea groups is 1. The van der Waals surface area contributed by atoms with Gasteiger partial charge in [-0.1, -0.05) is 12.1 Å². The Balaban J connectivity index is 1.75. The molecule has 0 fully saturated rings. The van der Waals surface area contributed by atoms with Crippen LogP contribution in [0.4, 0.5) is 13.6 Å². The van der Waals surface area contributed by atoms with Crippen LogP contribution in [-0.4, -0.2) is 16.3 Å². The van der Waals surface area contributed by atoms with Crippen LogP contribution in [0.15, 0.2) is 36.4 Å². The first-order valence-corrected chi connectivity index (χ1v) is 7.43. The van der Waals surface area contributed by atoms with Crippen LogP contribution in [0.3, 0.4) is 0 Å². The van der Waals surface area contributed by atoms with Gasteiger partial charge in [-0.15, -0.1) is 0 Å². The van der Waals surface area contributed by atoms with E-state index >= 15 is 0 Å². The lowest BCUT2D eigenvalue weighted by molar-refractivity contribution is -0.0757. The minimum Gasteiger partial charge on any atom is -0.489 e. The minimum atomic E-state index is -0.914. The predicted octanol–water partition coefficient (Wildman–Crippen LogP) is 3.30. The number of benzene rings is 2. The highest BCUT2D eigenvalue weighted by Gasteiger charge is 2.29. The van der Waals surface area contributed by atoms with Gasteiger partial charge in [-0.3, -0.25) is 5.21 Å². The first-order chi connectivity index (χ1) is 11.5. The standard InChI is InChI=1S/C17H16F2N2O3/c18-14-2-1-3-15(19)13(14)9-24-11-5-6-12-10(8-11)4-7-16(12)21(23)17(20)22/h1-3,5-6,8,16,23H,4,7,9H2,(H2,20,22). The molecule has 2 amide bonds. The Labute approximate surface area is 137 Å². The van der Waals surface area contributed by atoms with Gasteiger partial charge in [0.25, 0.3) is 0 Å². The summed E-state index contributed by atoms with van der Waals surface area (Å²) < 4.78 is 32.7. The molecular formula is C17H16F2N2O3. The number of halogens is 2. The quantitative estimate of drug-likeness (QED) is 0.665. The van der Waals surface area contributed by atoms with E-state index in [-0.39, 0.29) is 12.2 Å². The van der Waals surface area contributed by atoms with Crippen molar-refractivity contribution in [3.63, 3.8) is 0 Å². The number of aryl methyl sites for hydroxylation is 1. The van der Waals surface area contributed by atoms with E-state index in [0.717, 1.165) is 11.1 Å². The fraction of sp³-hybridized carbons (Fsp3) is 0.235. The van der Waals surface area contributed by atoms with Gasteiger partial charge in [0.05, 0.1) is 11.6 Å². The monoisotopic (exact) mass is 334 g/mol. The zero-order chi connectivity index (χ0) is 17.3. The number of fused-ring (bicyclic) bond motifs is 1. The van der Waals surface area contributed by atoms with Crippen molar-refractivity contribution in [3.05, 3.63) is 64.7 Å². The molecule has 1 atom stereocenters. The number of hydrogen-bond donors (Lipinski definition) is 2. The van der Waals surface area contributed by atoms with Gasteiger partial charge in [-0.05, 0) is 48.2 Å². The molecule has 3 rings (SSSR count). The Kier molecular flexibility index (Phi) is 4.35. The fourth-order valence-electron chi connectivity index (χ4n) is 2.89. The number of rotatable bonds is 4. The smallest absolute Gasteiger partial charge is 0.339 e. The van der Waals surface area contributed by atoms with Gasteiger partial charge >= 0.3 is 6.03 Å². The highest BCUT2D eigenvalue weighted by atomic mass is 19.1. The van der Waals surface area contributed by atoms with Crippen LogP contribution in [0.5, 0.6) is 5.75 Å². The van der Waals surface area contributed by atoms with Crippen molar-refractivity contribution < 1.29 is 23.5 Å². The number of carbonyl (C=O) groups excluding carboxylic acids is 1. The molecule has 24 heavy (non-hydrogen) atoms. The Morgan fingerprint density at radius 2 is 2.00 bits per heavy atom. The fourth-order valence-corrected chi connectivity index (χ4v) is 2.89. The number of nitrogens with zero attached hydrogens (tertiary/aromatic N) is 1. The highest BCUT2D eigenvalue weighted by Crippen LogP contribution is 2.36. The van der Waals surface area contributed by atoms with Crippen molar-refractivity contribution in [2.75, 3.05) is 0 Å².